The zero-order chi connectivity index (χ0) is 12.8. The second-order valence-corrected chi connectivity index (χ2v) is 8.91. The standard InChI is InChI=1S/C13H9IO3S/c15-18(16,17)13-6-5-11-7-9-3-1-2-4-10(9)8-12(11)14-13/h1-8H,(H,15,16,17). The van der Waals surface area contributed by atoms with E-state index in [1.54, 1.807) is 6.08 Å². The zero-order valence-corrected chi connectivity index (χ0v) is 12.1. The SMILES string of the molecule is O=S(=O)(O)C1=Ic2cc3ccccc3cc2C=C1. The number of halogens is 1. The van der Waals surface area contributed by atoms with Crippen LogP contribution in [0, 0.1) is 3.57 Å². The van der Waals surface area contributed by atoms with Crippen molar-refractivity contribution in [2.24, 2.45) is 0 Å². The first kappa shape index (κ1) is 12.0. The third-order valence-corrected chi connectivity index (χ3v) is 7.92. The maximum Gasteiger partial charge on any atom is 0.300 e. The highest BCUT2D eigenvalue weighted by atomic mass is 127. The molecule has 0 fully saturated rings. The van der Waals surface area contributed by atoms with Crippen molar-refractivity contribution in [3.63, 3.8) is 0 Å². The van der Waals surface area contributed by atoms with Crippen LogP contribution in [0.3, 0.4) is 0 Å². The molecular formula is C13H9IO3S. The molecule has 92 valence electrons. The van der Waals surface area contributed by atoms with E-state index >= 15 is 0 Å². The molecule has 0 saturated carbocycles. The Hall–Kier alpha value is -1.05. The molecule has 1 heterocycles. The fourth-order valence-electron chi connectivity index (χ4n) is 1.86. The molecule has 0 aliphatic carbocycles. The van der Waals surface area contributed by atoms with Crippen LogP contribution < -0.4 is 0 Å². The highest BCUT2D eigenvalue weighted by molar-refractivity contribution is 14.2. The Balaban J connectivity index is 2.26. The van der Waals surface area contributed by atoms with Gasteiger partial charge in [0.15, 0.2) is 0 Å². The number of benzene rings is 2. The molecule has 0 unspecified atom stereocenters. The molecule has 1 aliphatic heterocycles. The molecule has 5 heteroatoms. The Morgan fingerprint density at radius 1 is 1.00 bits per heavy atom. The van der Waals surface area contributed by atoms with Gasteiger partial charge in [-0.1, -0.05) is 51.1 Å². The molecule has 0 aromatic heterocycles. The van der Waals surface area contributed by atoms with E-state index in [4.69, 9.17) is 4.55 Å². The number of hydrogen-bond acceptors (Lipinski definition) is 2. The largest absolute Gasteiger partial charge is 0.300 e. The Labute approximate surface area is 115 Å². The van der Waals surface area contributed by atoms with Crippen molar-refractivity contribution in [2.75, 3.05) is 0 Å². The number of hydrogen-bond donors (Lipinski definition) is 1. The lowest BCUT2D eigenvalue weighted by atomic mass is 10.1. The molecule has 2 aromatic carbocycles. The summed E-state index contributed by atoms with van der Waals surface area (Å²) in [5.41, 5.74) is 1.05. The molecule has 0 atom stereocenters. The van der Waals surface area contributed by atoms with Gasteiger partial charge in [0, 0.05) is 3.57 Å². The van der Waals surface area contributed by atoms with E-state index in [1.807, 2.05) is 30.3 Å². The van der Waals surface area contributed by atoms with Crippen molar-refractivity contribution in [1.29, 1.82) is 0 Å². The normalized spacial score (nSPS) is 14.8. The van der Waals surface area contributed by atoms with Crippen molar-refractivity contribution in [2.45, 2.75) is 0 Å². The molecule has 18 heavy (non-hydrogen) atoms. The van der Waals surface area contributed by atoms with Crippen LogP contribution in [-0.2, 0) is 10.1 Å². The molecule has 0 spiro atoms. The fourth-order valence-corrected chi connectivity index (χ4v) is 5.66. The van der Waals surface area contributed by atoms with Crippen LogP contribution in [0.2, 0.25) is 0 Å². The van der Waals surface area contributed by atoms with E-state index in [1.165, 1.54) is 6.08 Å². The minimum atomic E-state index is -4.04. The van der Waals surface area contributed by atoms with Gasteiger partial charge in [-0.05, 0) is 34.5 Å². The molecule has 1 N–H and O–H groups in total. The molecule has 3 rings (SSSR count). The average Bonchev–Trinajstić information content (AvgIpc) is 2.34. The lowest BCUT2D eigenvalue weighted by Crippen LogP contribution is -2.10. The molecule has 1 aliphatic rings. The van der Waals surface area contributed by atoms with Gasteiger partial charge in [-0.25, -0.2) is 0 Å². The van der Waals surface area contributed by atoms with Crippen LogP contribution in [0.25, 0.3) is 16.8 Å². The van der Waals surface area contributed by atoms with Gasteiger partial charge in [-0.2, -0.15) is 8.42 Å². The second-order valence-electron chi connectivity index (χ2n) is 3.93. The summed E-state index contributed by atoms with van der Waals surface area (Å²) < 4.78 is 32.6. The minimum absolute atomic E-state index is 0.157. The summed E-state index contributed by atoms with van der Waals surface area (Å²) in [5.74, 6) is 0. The Bertz CT molecular complexity index is 804. The van der Waals surface area contributed by atoms with Crippen molar-refractivity contribution in [3.05, 3.63) is 51.6 Å². The van der Waals surface area contributed by atoms with Gasteiger partial charge in [-0.3, -0.25) is 4.55 Å². The van der Waals surface area contributed by atoms with Gasteiger partial charge in [0.1, 0.15) is 2.84 Å². The highest BCUT2D eigenvalue weighted by Gasteiger charge is 2.16. The van der Waals surface area contributed by atoms with Crippen LogP contribution in [0.15, 0.2) is 42.5 Å². The van der Waals surface area contributed by atoms with Crippen LogP contribution >= 0.6 is 20.7 Å². The van der Waals surface area contributed by atoms with Gasteiger partial charge in [0.05, 0.1) is 0 Å². The quantitative estimate of drug-likeness (QED) is 0.619. The van der Waals surface area contributed by atoms with Gasteiger partial charge < -0.3 is 0 Å². The van der Waals surface area contributed by atoms with Crippen molar-refractivity contribution < 1.29 is 13.0 Å². The molecule has 3 nitrogen and oxygen atoms in total. The molecular weight excluding hydrogens is 363 g/mol. The summed E-state index contributed by atoms with van der Waals surface area (Å²) in [6, 6.07) is 12.0. The minimum Gasteiger partial charge on any atom is -0.281 e. The number of fused-ring (bicyclic) bond motifs is 2. The third kappa shape index (κ3) is 2.13. The highest BCUT2D eigenvalue weighted by Crippen LogP contribution is 2.30. The van der Waals surface area contributed by atoms with Gasteiger partial charge >= 0.3 is 0 Å². The smallest absolute Gasteiger partial charge is 0.281 e. The first-order valence-electron chi connectivity index (χ1n) is 5.24. The van der Waals surface area contributed by atoms with E-state index in [0.717, 1.165) is 19.9 Å². The van der Waals surface area contributed by atoms with Crippen LogP contribution in [0.5, 0.6) is 0 Å². The van der Waals surface area contributed by atoms with Gasteiger partial charge in [0.2, 0.25) is 0 Å². The lowest BCUT2D eigenvalue weighted by molar-refractivity contribution is 0.499. The van der Waals surface area contributed by atoms with E-state index in [0.29, 0.717) is 0 Å². The molecule has 0 bridgehead atoms. The zero-order valence-electron chi connectivity index (χ0n) is 9.17. The van der Waals surface area contributed by atoms with Crippen LogP contribution in [0.1, 0.15) is 5.56 Å². The predicted molar refractivity (Wildman–Crippen MR) is 82.3 cm³/mol. The Kier molecular flexibility index (Phi) is 2.84. The summed E-state index contributed by atoms with van der Waals surface area (Å²) >= 11 is -0.844. The summed E-state index contributed by atoms with van der Waals surface area (Å²) in [6.45, 7) is 0. The van der Waals surface area contributed by atoms with Crippen molar-refractivity contribution in [1.82, 2.24) is 0 Å². The van der Waals surface area contributed by atoms with Crippen LogP contribution in [0.4, 0.5) is 0 Å². The molecule has 0 radical (unpaired) electrons. The summed E-state index contributed by atoms with van der Waals surface area (Å²) in [6.07, 6.45) is 3.27. The van der Waals surface area contributed by atoms with E-state index < -0.39 is 30.8 Å². The maximum absolute atomic E-state index is 11.2. The Morgan fingerprint density at radius 3 is 2.33 bits per heavy atom. The third-order valence-electron chi connectivity index (χ3n) is 2.70. The number of rotatable bonds is 1. The maximum atomic E-state index is 11.2. The second kappa shape index (κ2) is 4.25. The summed E-state index contributed by atoms with van der Waals surface area (Å²) in [4.78, 5) is 0. The van der Waals surface area contributed by atoms with Crippen molar-refractivity contribution >= 4 is 50.5 Å². The molecule has 0 amide bonds. The van der Waals surface area contributed by atoms with E-state index in [9.17, 15) is 8.42 Å². The molecule has 2 aromatic rings. The van der Waals surface area contributed by atoms with E-state index in [-0.39, 0.29) is 2.84 Å². The summed E-state index contributed by atoms with van der Waals surface area (Å²) in [7, 11) is -4.04. The summed E-state index contributed by atoms with van der Waals surface area (Å²) in [5, 5.41) is 2.24. The first-order chi connectivity index (χ1) is 8.54. The predicted octanol–water partition coefficient (Wildman–Crippen LogP) is 3.02. The lowest BCUT2D eigenvalue weighted by Gasteiger charge is -2.09. The first-order valence-corrected chi connectivity index (χ1v) is 8.84. The van der Waals surface area contributed by atoms with Gasteiger partial charge in [-0.15, -0.1) is 0 Å². The van der Waals surface area contributed by atoms with Gasteiger partial charge in [0.25, 0.3) is 10.1 Å². The Morgan fingerprint density at radius 2 is 1.67 bits per heavy atom. The monoisotopic (exact) mass is 372 g/mol. The van der Waals surface area contributed by atoms with Crippen molar-refractivity contribution in [3.8, 4) is 0 Å². The van der Waals surface area contributed by atoms with Crippen LogP contribution in [-0.4, -0.2) is 15.8 Å². The topological polar surface area (TPSA) is 54.4 Å². The molecule has 0 saturated heterocycles. The van der Waals surface area contributed by atoms with E-state index in [2.05, 4.69) is 6.07 Å². The average molecular weight is 372 g/mol. The fraction of sp³-hybridized carbons (Fsp3) is 0.